The van der Waals surface area contributed by atoms with E-state index in [1.54, 1.807) is 6.20 Å². The Labute approximate surface area is 195 Å². The first-order valence-corrected chi connectivity index (χ1v) is 10.9. The van der Waals surface area contributed by atoms with Crippen LogP contribution in [0.3, 0.4) is 0 Å². The van der Waals surface area contributed by atoms with Gasteiger partial charge in [-0.05, 0) is 30.9 Å². The average molecular weight is 476 g/mol. The van der Waals surface area contributed by atoms with Gasteiger partial charge in [0, 0.05) is 23.6 Å². The number of likely N-dealkylation sites (tertiary alicyclic amines) is 1. The lowest BCUT2D eigenvalue weighted by Gasteiger charge is -2.28. The third kappa shape index (κ3) is 5.53. The number of aliphatic hydroxyl groups is 2. The number of amides is 3. The lowest BCUT2D eigenvalue weighted by molar-refractivity contribution is -0.144. The number of nitrogens with zero attached hydrogens (tertiary/aromatic N) is 1. The van der Waals surface area contributed by atoms with Gasteiger partial charge in [-0.3, -0.25) is 14.4 Å². The van der Waals surface area contributed by atoms with Crippen LogP contribution in [0, 0.1) is 0 Å². The molecule has 2 aromatic rings. The number of benzene rings is 1. The summed E-state index contributed by atoms with van der Waals surface area (Å²) in [5.41, 5.74) is 8.00. The molecule has 3 amide bonds. The molecule has 0 saturated carbocycles. The highest BCUT2D eigenvalue weighted by molar-refractivity contribution is 5.94. The number of aliphatic carboxylic acids is 1. The van der Waals surface area contributed by atoms with Crippen molar-refractivity contribution in [1.82, 2.24) is 20.5 Å². The smallest absolute Gasteiger partial charge is 0.328 e. The Balaban J connectivity index is 1.63. The number of fused-ring (bicyclic) bond motifs is 1. The van der Waals surface area contributed by atoms with Crippen LogP contribution < -0.4 is 16.4 Å². The highest BCUT2D eigenvalue weighted by Gasteiger charge is 2.38. The van der Waals surface area contributed by atoms with Crippen LogP contribution in [0.2, 0.25) is 0 Å². The number of carbonyl (C=O) groups excluding carboxylic acids is 3. The van der Waals surface area contributed by atoms with Crippen LogP contribution in [0.5, 0.6) is 0 Å². The third-order valence-electron chi connectivity index (χ3n) is 5.88. The van der Waals surface area contributed by atoms with Crippen LogP contribution >= 0.6 is 0 Å². The molecule has 0 aliphatic carbocycles. The zero-order valence-corrected chi connectivity index (χ0v) is 18.4. The zero-order valence-electron chi connectivity index (χ0n) is 18.4. The van der Waals surface area contributed by atoms with Crippen LogP contribution in [0.25, 0.3) is 10.9 Å². The second-order valence-electron chi connectivity index (χ2n) is 8.19. The summed E-state index contributed by atoms with van der Waals surface area (Å²) >= 11 is 0. The molecule has 3 rings (SSSR count). The molecule has 1 saturated heterocycles. The van der Waals surface area contributed by atoms with Gasteiger partial charge in [0.05, 0.1) is 19.3 Å². The summed E-state index contributed by atoms with van der Waals surface area (Å²) in [6.07, 6.45) is 2.98. The molecule has 0 radical (unpaired) electrons. The molecule has 12 nitrogen and oxygen atoms in total. The van der Waals surface area contributed by atoms with Crippen molar-refractivity contribution in [2.45, 2.75) is 43.4 Å². The molecule has 8 N–H and O–H groups in total. The fourth-order valence-electron chi connectivity index (χ4n) is 4.06. The van der Waals surface area contributed by atoms with E-state index >= 15 is 0 Å². The van der Waals surface area contributed by atoms with E-state index in [4.69, 9.17) is 15.9 Å². The molecule has 34 heavy (non-hydrogen) atoms. The van der Waals surface area contributed by atoms with Crippen LogP contribution in [-0.4, -0.2) is 92.8 Å². The Morgan fingerprint density at radius 1 is 1.12 bits per heavy atom. The molecule has 1 fully saturated rings. The monoisotopic (exact) mass is 475 g/mol. The number of aromatic nitrogens is 1. The standard InChI is InChI=1S/C22H29N5O7/c23-14(8-12-9-24-15-5-2-1-4-13(12)15)21(32)27-7-3-6-18(27)20(31)25-16(10-28)19(30)26-17(11-29)22(33)34/h1-2,4-5,9,14,16-18,24,28-29H,3,6-8,10-11,23H2,(H,25,31)(H,26,30)(H,33,34)/t14-,16-,17-,18-/m0/s1. The van der Waals surface area contributed by atoms with Gasteiger partial charge in [-0.1, -0.05) is 18.2 Å². The zero-order chi connectivity index (χ0) is 24.8. The van der Waals surface area contributed by atoms with E-state index in [-0.39, 0.29) is 6.42 Å². The molecule has 0 bridgehead atoms. The number of carboxylic acid groups (broad SMARTS) is 1. The molecule has 0 unspecified atom stereocenters. The molecule has 184 valence electrons. The van der Waals surface area contributed by atoms with Gasteiger partial charge in [0.15, 0.2) is 0 Å². The number of hydrogen-bond donors (Lipinski definition) is 7. The normalized spacial score (nSPS) is 18.3. The molecule has 1 aromatic heterocycles. The van der Waals surface area contributed by atoms with Crippen LogP contribution in [0.4, 0.5) is 0 Å². The van der Waals surface area contributed by atoms with Crippen LogP contribution in [0.15, 0.2) is 30.5 Å². The molecular formula is C22H29N5O7. The Morgan fingerprint density at radius 2 is 1.82 bits per heavy atom. The number of H-pyrrole nitrogens is 1. The van der Waals surface area contributed by atoms with E-state index in [1.807, 2.05) is 29.6 Å². The minimum atomic E-state index is -1.58. The highest BCUT2D eigenvalue weighted by Crippen LogP contribution is 2.22. The van der Waals surface area contributed by atoms with Crippen LogP contribution in [-0.2, 0) is 25.6 Å². The lowest BCUT2D eigenvalue weighted by atomic mass is 10.0. The summed E-state index contributed by atoms with van der Waals surface area (Å²) in [5, 5.41) is 32.9. The lowest BCUT2D eigenvalue weighted by Crippen LogP contribution is -2.58. The predicted molar refractivity (Wildman–Crippen MR) is 120 cm³/mol. The minimum Gasteiger partial charge on any atom is -0.480 e. The maximum atomic E-state index is 13.1. The summed E-state index contributed by atoms with van der Waals surface area (Å²) < 4.78 is 0. The molecular weight excluding hydrogens is 446 g/mol. The first-order valence-electron chi connectivity index (χ1n) is 10.9. The number of nitrogens with two attached hydrogens (primary N) is 1. The SMILES string of the molecule is N[C@@H](Cc1c[nH]c2ccccc12)C(=O)N1CCC[C@H]1C(=O)N[C@@H](CO)C(=O)N[C@@H](CO)C(=O)O. The number of aromatic amines is 1. The Kier molecular flexibility index (Phi) is 8.21. The minimum absolute atomic E-state index is 0.271. The molecule has 12 heteroatoms. The quantitative estimate of drug-likeness (QED) is 0.206. The van der Waals surface area contributed by atoms with E-state index in [2.05, 4.69) is 10.3 Å². The first-order chi connectivity index (χ1) is 16.3. The van der Waals surface area contributed by atoms with E-state index < -0.39 is 61.1 Å². The van der Waals surface area contributed by atoms with Crippen molar-refractivity contribution in [1.29, 1.82) is 0 Å². The molecule has 2 heterocycles. The van der Waals surface area contributed by atoms with Gasteiger partial charge < -0.3 is 41.6 Å². The van der Waals surface area contributed by atoms with Gasteiger partial charge in [-0.2, -0.15) is 0 Å². The van der Waals surface area contributed by atoms with Gasteiger partial charge in [0.25, 0.3) is 0 Å². The molecule has 4 atom stereocenters. The Morgan fingerprint density at radius 3 is 2.50 bits per heavy atom. The summed E-state index contributed by atoms with van der Waals surface area (Å²) in [4.78, 5) is 53.6. The van der Waals surface area contributed by atoms with Gasteiger partial charge in [0.1, 0.15) is 18.1 Å². The number of para-hydroxylation sites is 1. The van der Waals surface area contributed by atoms with Gasteiger partial charge in [-0.15, -0.1) is 0 Å². The molecule has 1 aromatic carbocycles. The van der Waals surface area contributed by atoms with Crippen molar-refractivity contribution >= 4 is 34.6 Å². The average Bonchev–Trinajstić information content (AvgIpc) is 3.47. The second-order valence-corrected chi connectivity index (χ2v) is 8.19. The van der Waals surface area contributed by atoms with E-state index in [1.165, 1.54) is 4.90 Å². The van der Waals surface area contributed by atoms with Crippen LogP contribution in [0.1, 0.15) is 18.4 Å². The summed E-state index contributed by atoms with van der Waals surface area (Å²) in [6, 6.07) is 2.84. The third-order valence-corrected chi connectivity index (χ3v) is 5.88. The molecule has 0 spiro atoms. The van der Waals surface area contributed by atoms with E-state index in [9.17, 15) is 24.3 Å². The van der Waals surface area contributed by atoms with Gasteiger partial charge >= 0.3 is 5.97 Å². The van der Waals surface area contributed by atoms with Crippen molar-refractivity contribution in [2.75, 3.05) is 19.8 Å². The van der Waals surface area contributed by atoms with Crippen molar-refractivity contribution in [3.8, 4) is 0 Å². The fourth-order valence-corrected chi connectivity index (χ4v) is 4.06. The number of carboxylic acids is 1. The number of aliphatic hydroxyl groups excluding tert-OH is 2. The number of carbonyl (C=O) groups is 4. The molecule has 1 aliphatic rings. The first kappa shape index (κ1) is 25.1. The van der Waals surface area contributed by atoms with Crippen molar-refractivity contribution in [3.05, 3.63) is 36.0 Å². The van der Waals surface area contributed by atoms with Crippen molar-refractivity contribution in [3.63, 3.8) is 0 Å². The van der Waals surface area contributed by atoms with E-state index in [0.29, 0.717) is 19.4 Å². The summed E-state index contributed by atoms with van der Waals surface area (Å²) in [7, 11) is 0. The fraction of sp³-hybridized carbons (Fsp3) is 0.455. The van der Waals surface area contributed by atoms with Gasteiger partial charge in [0.2, 0.25) is 17.7 Å². The predicted octanol–water partition coefficient (Wildman–Crippen LogP) is -1.93. The highest BCUT2D eigenvalue weighted by atomic mass is 16.4. The summed E-state index contributed by atoms with van der Waals surface area (Å²) in [5.74, 6) is -3.49. The largest absolute Gasteiger partial charge is 0.480 e. The number of hydrogen-bond acceptors (Lipinski definition) is 7. The number of rotatable bonds is 10. The van der Waals surface area contributed by atoms with Crippen molar-refractivity contribution < 1.29 is 34.5 Å². The van der Waals surface area contributed by atoms with E-state index in [0.717, 1.165) is 16.5 Å². The molecule has 1 aliphatic heterocycles. The summed E-state index contributed by atoms with van der Waals surface area (Å²) in [6.45, 7) is -1.33. The van der Waals surface area contributed by atoms with Gasteiger partial charge in [-0.25, -0.2) is 4.79 Å². The topological polar surface area (TPSA) is 198 Å². The Hall–Kier alpha value is -3.48. The maximum absolute atomic E-state index is 13.1. The maximum Gasteiger partial charge on any atom is 0.328 e. The van der Waals surface area contributed by atoms with Crippen molar-refractivity contribution in [2.24, 2.45) is 5.73 Å². The second kappa shape index (κ2) is 11.1. The Bertz CT molecular complexity index is 1060. The number of nitrogens with one attached hydrogen (secondary N) is 3.